The van der Waals surface area contributed by atoms with Gasteiger partial charge in [-0.2, -0.15) is 0 Å². The summed E-state index contributed by atoms with van der Waals surface area (Å²) in [6, 6.07) is 5.85. The van der Waals surface area contributed by atoms with Crippen molar-refractivity contribution >= 4 is 0 Å². The number of nitrogens with one attached hydrogen (secondary N) is 1. The quantitative estimate of drug-likeness (QED) is 0.572. The van der Waals surface area contributed by atoms with E-state index in [9.17, 15) is 4.39 Å². The van der Waals surface area contributed by atoms with Crippen molar-refractivity contribution in [2.75, 3.05) is 19.6 Å². The number of piperidine rings is 2. The van der Waals surface area contributed by atoms with Gasteiger partial charge in [0.15, 0.2) is 0 Å². The Morgan fingerprint density at radius 1 is 1.17 bits per heavy atom. The number of hydrogen-bond acceptors (Lipinski definition) is 2. The smallest absolute Gasteiger partial charge is 0.126 e. The minimum Gasteiger partial charge on any atom is -0.363 e. The zero-order chi connectivity index (χ0) is 21.2. The summed E-state index contributed by atoms with van der Waals surface area (Å²) < 4.78 is 15.0. The molecule has 1 aromatic carbocycles. The van der Waals surface area contributed by atoms with Gasteiger partial charge in [0.25, 0.3) is 0 Å². The van der Waals surface area contributed by atoms with E-state index >= 15 is 0 Å². The van der Waals surface area contributed by atoms with Crippen LogP contribution >= 0.6 is 0 Å². The molecule has 0 radical (unpaired) electrons. The van der Waals surface area contributed by atoms with Crippen molar-refractivity contribution in [1.82, 2.24) is 10.2 Å². The van der Waals surface area contributed by atoms with Gasteiger partial charge in [0.1, 0.15) is 5.82 Å². The highest BCUT2D eigenvalue weighted by Gasteiger charge is 2.26. The third-order valence-electron chi connectivity index (χ3n) is 6.17. The monoisotopic (exact) mass is 396 g/mol. The van der Waals surface area contributed by atoms with Crippen LogP contribution in [0.1, 0.15) is 75.8 Å². The summed E-state index contributed by atoms with van der Waals surface area (Å²) in [7, 11) is 0. The molecule has 2 fully saturated rings. The first-order chi connectivity index (χ1) is 13.6. The Morgan fingerprint density at radius 3 is 2.45 bits per heavy atom. The molecule has 1 aromatic rings. The van der Waals surface area contributed by atoms with Crippen molar-refractivity contribution in [2.24, 2.45) is 5.41 Å². The first-order valence-electron chi connectivity index (χ1n) is 10.9. The van der Waals surface area contributed by atoms with E-state index in [1.165, 1.54) is 5.57 Å². The molecular formula is C26H37FN2. The zero-order valence-electron chi connectivity index (χ0n) is 18.5. The Bertz CT molecular complexity index is 778. The third-order valence-corrected chi connectivity index (χ3v) is 6.17. The second-order valence-corrected chi connectivity index (χ2v) is 10.2. The molecule has 0 amide bonds. The molecule has 2 nitrogen and oxygen atoms in total. The Hall–Kier alpha value is -1.87. The fraction of sp³-hybridized carbons (Fsp3) is 0.538. The summed E-state index contributed by atoms with van der Waals surface area (Å²) in [4.78, 5) is 2.47. The normalized spacial score (nSPS) is 21.9. The molecule has 29 heavy (non-hydrogen) atoms. The van der Waals surface area contributed by atoms with Crippen LogP contribution in [0.3, 0.4) is 0 Å². The molecule has 2 aliphatic rings. The summed E-state index contributed by atoms with van der Waals surface area (Å²) in [5.41, 5.74) is 5.41. The van der Waals surface area contributed by atoms with Gasteiger partial charge in [-0.15, -0.1) is 0 Å². The van der Waals surface area contributed by atoms with Crippen LogP contribution in [0.15, 0.2) is 54.9 Å². The number of nitrogens with zero attached hydrogens (tertiary/aromatic N) is 1. The van der Waals surface area contributed by atoms with Crippen molar-refractivity contribution in [3.8, 4) is 0 Å². The van der Waals surface area contributed by atoms with Crippen molar-refractivity contribution in [3.05, 3.63) is 71.8 Å². The van der Waals surface area contributed by atoms with Crippen LogP contribution in [0.4, 0.5) is 4.39 Å². The molecule has 3 heteroatoms. The van der Waals surface area contributed by atoms with Crippen LogP contribution in [0.25, 0.3) is 0 Å². The van der Waals surface area contributed by atoms with Crippen LogP contribution in [-0.4, -0.2) is 24.5 Å². The highest BCUT2D eigenvalue weighted by molar-refractivity contribution is 5.35. The molecule has 2 heterocycles. The second-order valence-electron chi connectivity index (χ2n) is 10.2. The molecule has 1 N–H and O–H groups in total. The topological polar surface area (TPSA) is 15.3 Å². The lowest BCUT2D eigenvalue weighted by Gasteiger charge is -2.34. The van der Waals surface area contributed by atoms with Gasteiger partial charge in [-0.3, -0.25) is 4.90 Å². The average molecular weight is 397 g/mol. The SMILES string of the molecule is C=C(CN1CCC(c2ccc(C3CCC(=C)NC3=C)cc2F)CC1)CC(C)(C)C. The Balaban J connectivity index is 1.58. The predicted octanol–water partition coefficient (Wildman–Crippen LogP) is 6.49. The van der Waals surface area contributed by atoms with Crippen LogP contribution in [0.2, 0.25) is 0 Å². The summed E-state index contributed by atoms with van der Waals surface area (Å²) in [5, 5.41) is 3.24. The maximum Gasteiger partial charge on any atom is 0.126 e. The molecule has 2 aliphatic heterocycles. The van der Waals surface area contributed by atoms with Gasteiger partial charge in [0.05, 0.1) is 0 Å². The van der Waals surface area contributed by atoms with Crippen molar-refractivity contribution < 1.29 is 4.39 Å². The lowest BCUT2D eigenvalue weighted by Crippen LogP contribution is -2.35. The highest BCUT2D eigenvalue weighted by atomic mass is 19.1. The standard InChI is InChI=1S/C26H37FN2/c1-18(16-26(4,5)6)17-29-13-11-21(12-14-29)24-10-8-22(15-25(24)27)23-9-7-19(2)28-20(23)3/h8,10,15,21,23,28H,1-3,7,9,11-14,16-17H2,4-6H3. The van der Waals surface area contributed by atoms with Crippen molar-refractivity contribution in [1.29, 1.82) is 0 Å². The van der Waals surface area contributed by atoms with E-state index in [0.29, 0.717) is 5.92 Å². The molecule has 1 atom stereocenters. The lowest BCUT2D eigenvalue weighted by molar-refractivity contribution is 0.221. The fourth-order valence-electron chi connectivity index (χ4n) is 4.85. The van der Waals surface area contributed by atoms with Gasteiger partial charge >= 0.3 is 0 Å². The minimum atomic E-state index is -0.0599. The Kier molecular flexibility index (Phi) is 6.68. The Morgan fingerprint density at radius 2 is 1.86 bits per heavy atom. The summed E-state index contributed by atoms with van der Waals surface area (Å²) in [6.45, 7) is 22.1. The van der Waals surface area contributed by atoms with Crippen LogP contribution in [0.5, 0.6) is 0 Å². The summed E-state index contributed by atoms with van der Waals surface area (Å²) >= 11 is 0. The molecule has 0 bridgehead atoms. The van der Waals surface area contributed by atoms with Gasteiger partial charge in [0.2, 0.25) is 0 Å². The van der Waals surface area contributed by atoms with Gasteiger partial charge in [-0.05, 0) is 73.7 Å². The molecular weight excluding hydrogens is 359 g/mol. The molecule has 0 spiro atoms. The average Bonchev–Trinajstić information content (AvgIpc) is 2.61. The van der Waals surface area contributed by atoms with E-state index in [4.69, 9.17) is 0 Å². The largest absolute Gasteiger partial charge is 0.363 e. The zero-order valence-corrected chi connectivity index (χ0v) is 18.5. The number of hydrogen-bond donors (Lipinski definition) is 1. The van der Waals surface area contributed by atoms with E-state index in [0.717, 1.165) is 74.3 Å². The molecule has 1 unspecified atom stereocenters. The molecule has 158 valence electrons. The Labute approximate surface area is 176 Å². The molecule has 3 rings (SSSR count). The number of halogens is 1. The van der Waals surface area contributed by atoms with E-state index in [1.807, 2.05) is 6.07 Å². The third kappa shape index (κ3) is 5.82. The van der Waals surface area contributed by atoms with E-state index in [1.54, 1.807) is 6.07 Å². The van der Waals surface area contributed by atoms with E-state index in [2.05, 4.69) is 56.8 Å². The van der Waals surface area contributed by atoms with E-state index in [-0.39, 0.29) is 17.2 Å². The first kappa shape index (κ1) is 21.8. The van der Waals surface area contributed by atoms with Crippen molar-refractivity contribution in [2.45, 2.75) is 64.7 Å². The van der Waals surface area contributed by atoms with Gasteiger partial charge in [-0.25, -0.2) is 4.39 Å². The number of allylic oxidation sites excluding steroid dienone is 2. The maximum atomic E-state index is 15.0. The van der Waals surface area contributed by atoms with Crippen LogP contribution in [0, 0.1) is 11.2 Å². The fourth-order valence-corrected chi connectivity index (χ4v) is 4.85. The summed E-state index contributed by atoms with van der Waals surface area (Å²) in [5.74, 6) is 0.415. The molecule has 0 aromatic heterocycles. The van der Waals surface area contributed by atoms with Crippen molar-refractivity contribution in [3.63, 3.8) is 0 Å². The lowest BCUT2D eigenvalue weighted by atomic mass is 9.84. The molecule has 2 saturated heterocycles. The molecule has 0 aliphatic carbocycles. The minimum absolute atomic E-state index is 0.0599. The number of rotatable bonds is 5. The summed E-state index contributed by atoms with van der Waals surface area (Å²) in [6.07, 6.45) is 4.93. The number of benzene rings is 1. The second kappa shape index (κ2) is 8.87. The van der Waals surface area contributed by atoms with Gasteiger partial charge in [0, 0.05) is 23.9 Å². The van der Waals surface area contributed by atoms with Gasteiger partial charge < -0.3 is 5.32 Å². The highest BCUT2D eigenvalue weighted by Crippen LogP contribution is 2.36. The first-order valence-corrected chi connectivity index (χ1v) is 10.9. The number of likely N-dealkylation sites (tertiary alicyclic amines) is 1. The van der Waals surface area contributed by atoms with E-state index < -0.39 is 0 Å². The maximum absolute atomic E-state index is 15.0. The molecule has 0 saturated carbocycles. The predicted molar refractivity (Wildman–Crippen MR) is 121 cm³/mol. The van der Waals surface area contributed by atoms with Crippen LogP contribution < -0.4 is 5.32 Å². The van der Waals surface area contributed by atoms with Gasteiger partial charge in [-0.1, -0.05) is 58.2 Å². The van der Waals surface area contributed by atoms with Crippen LogP contribution in [-0.2, 0) is 0 Å².